The van der Waals surface area contributed by atoms with Crippen molar-refractivity contribution in [1.29, 1.82) is 0 Å². The molecule has 0 bridgehead atoms. The van der Waals surface area contributed by atoms with E-state index in [4.69, 9.17) is 4.74 Å². The Balaban J connectivity index is 0.00000364. The maximum Gasteiger partial charge on any atom is 0.191 e. The van der Waals surface area contributed by atoms with E-state index in [2.05, 4.69) is 27.4 Å². The number of likely N-dealkylation sites (tertiary alicyclic amines) is 1. The zero-order valence-electron chi connectivity index (χ0n) is 16.7. The molecule has 1 aromatic rings. The van der Waals surface area contributed by atoms with Gasteiger partial charge in [0.25, 0.3) is 0 Å². The van der Waals surface area contributed by atoms with E-state index in [0.717, 1.165) is 50.9 Å². The third-order valence-corrected chi connectivity index (χ3v) is 5.59. The fourth-order valence-electron chi connectivity index (χ4n) is 3.11. The summed E-state index contributed by atoms with van der Waals surface area (Å²) in [5.74, 6) is 1.44. The van der Waals surface area contributed by atoms with Crippen molar-refractivity contribution in [2.45, 2.75) is 32.3 Å². The molecule has 1 fully saturated rings. The first-order chi connectivity index (χ1) is 12.5. The number of piperidine rings is 1. The van der Waals surface area contributed by atoms with Gasteiger partial charge in [0.1, 0.15) is 5.60 Å². The zero-order valence-corrected chi connectivity index (χ0v) is 19.9. The van der Waals surface area contributed by atoms with Crippen molar-refractivity contribution in [1.82, 2.24) is 15.5 Å². The highest BCUT2D eigenvalue weighted by Gasteiger charge is 2.23. The molecule has 1 unspecified atom stereocenters. The van der Waals surface area contributed by atoms with Gasteiger partial charge < -0.3 is 25.4 Å². The van der Waals surface area contributed by atoms with Crippen molar-refractivity contribution >= 4 is 41.3 Å². The van der Waals surface area contributed by atoms with Gasteiger partial charge in [-0.3, -0.25) is 0 Å². The summed E-state index contributed by atoms with van der Waals surface area (Å²) >= 11 is 1.59. The van der Waals surface area contributed by atoms with Crippen molar-refractivity contribution < 1.29 is 9.84 Å². The van der Waals surface area contributed by atoms with E-state index in [9.17, 15) is 5.11 Å². The molecule has 0 saturated carbocycles. The number of ether oxygens (including phenoxy) is 1. The van der Waals surface area contributed by atoms with Crippen LogP contribution in [0.2, 0.25) is 0 Å². The normalized spacial score (nSPS) is 18.6. The van der Waals surface area contributed by atoms with Gasteiger partial charge in [0.2, 0.25) is 0 Å². The van der Waals surface area contributed by atoms with Gasteiger partial charge in [-0.1, -0.05) is 0 Å². The lowest BCUT2D eigenvalue weighted by atomic mass is 9.97. The Bertz CT molecular complexity index is 532. The lowest BCUT2D eigenvalue weighted by Gasteiger charge is -2.32. The summed E-state index contributed by atoms with van der Waals surface area (Å²) in [4.78, 5) is 7.07. The molecule has 3 N–H and O–H groups in total. The molecule has 156 valence electrons. The van der Waals surface area contributed by atoms with Gasteiger partial charge in [0, 0.05) is 26.7 Å². The lowest BCUT2D eigenvalue weighted by Crippen LogP contribution is -2.44. The minimum Gasteiger partial charge on any atom is -0.383 e. The Hall–Kier alpha value is -0.420. The smallest absolute Gasteiger partial charge is 0.191 e. The third kappa shape index (κ3) is 8.64. The number of halogens is 1. The van der Waals surface area contributed by atoms with Gasteiger partial charge in [-0.15, -0.1) is 24.0 Å². The molecule has 1 atom stereocenters. The number of methoxy groups -OCH3 is 1. The van der Waals surface area contributed by atoms with E-state index < -0.39 is 5.60 Å². The van der Waals surface area contributed by atoms with Crippen molar-refractivity contribution in [3.05, 3.63) is 22.4 Å². The van der Waals surface area contributed by atoms with E-state index in [1.165, 1.54) is 12.8 Å². The molecule has 6 nitrogen and oxygen atoms in total. The SMILES string of the molecule is CCNC(=NCC(C)(O)c1ccsc1)NCC1CCN(CCOC)CC1.I. The average molecular weight is 510 g/mol. The number of hydrogen-bond acceptors (Lipinski definition) is 5. The summed E-state index contributed by atoms with van der Waals surface area (Å²) in [6, 6.07) is 1.96. The van der Waals surface area contributed by atoms with Crippen molar-refractivity contribution in [3.8, 4) is 0 Å². The van der Waals surface area contributed by atoms with Crippen LogP contribution in [-0.2, 0) is 10.3 Å². The molecule has 1 aromatic heterocycles. The van der Waals surface area contributed by atoms with Crippen LogP contribution in [0.15, 0.2) is 21.8 Å². The van der Waals surface area contributed by atoms with Crippen LogP contribution in [0, 0.1) is 5.92 Å². The molecule has 0 spiro atoms. The molecular formula is C19H35IN4O2S. The monoisotopic (exact) mass is 510 g/mol. The molecule has 1 aliphatic rings. The second kappa shape index (κ2) is 12.9. The number of thiophene rings is 1. The molecule has 2 rings (SSSR count). The van der Waals surface area contributed by atoms with Crippen molar-refractivity contribution in [2.75, 3.05) is 53.0 Å². The summed E-state index contributed by atoms with van der Waals surface area (Å²) in [7, 11) is 1.76. The Morgan fingerprint density at radius 2 is 2.15 bits per heavy atom. The van der Waals surface area contributed by atoms with Gasteiger partial charge in [-0.2, -0.15) is 11.3 Å². The van der Waals surface area contributed by atoms with Crippen LogP contribution in [0.1, 0.15) is 32.3 Å². The van der Waals surface area contributed by atoms with E-state index >= 15 is 0 Å². The fraction of sp³-hybridized carbons (Fsp3) is 0.737. The lowest BCUT2D eigenvalue weighted by molar-refractivity contribution is 0.0677. The first kappa shape index (κ1) is 24.6. The molecular weight excluding hydrogens is 475 g/mol. The number of rotatable bonds is 9. The average Bonchev–Trinajstić information content (AvgIpc) is 3.19. The van der Waals surface area contributed by atoms with E-state index in [-0.39, 0.29) is 24.0 Å². The minimum atomic E-state index is -0.935. The van der Waals surface area contributed by atoms with Crippen LogP contribution < -0.4 is 10.6 Å². The molecule has 27 heavy (non-hydrogen) atoms. The predicted molar refractivity (Wildman–Crippen MR) is 124 cm³/mol. The summed E-state index contributed by atoms with van der Waals surface area (Å²) in [5, 5.41) is 21.3. The largest absolute Gasteiger partial charge is 0.383 e. The van der Waals surface area contributed by atoms with Gasteiger partial charge in [-0.05, 0) is 68.1 Å². The Kier molecular flexibility index (Phi) is 11.8. The van der Waals surface area contributed by atoms with Gasteiger partial charge >= 0.3 is 0 Å². The molecule has 1 aliphatic heterocycles. The van der Waals surface area contributed by atoms with Crippen LogP contribution in [0.5, 0.6) is 0 Å². The highest BCUT2D eigenvalue weighted by molar-refractivity contribution is 14.0. The number of guanidine groups is 1. The molecule has 0 amide bonds. The van der Waals surface area contributed by atoms with Crippen LogP contribution in [0.4, 0.5) is 0 Å². The van der Waals surface area contributed by atoms with Gasteiger partial charge in [0.15, 0.2) is 5.96 Å². The second-order valence-corrected chi connectivity index (χ2v) is 7.92. The number of aliphatic imine (C=N–C) groups is 1. The van der Waals surface area contributed by atoms with Crippen LogP contribution in [0.3, 0.4) is 0 Å². The number of hydrogen-bond donors (Lipinski definition) is 3. The van der Waals surface area contributed by atoms with Gasteiger partial charge in [-0.25, -0.2) is 4.99 Å². The summed E-state index contributed by atoms with van der Waals surface area (Å²) in [5.41, 5.74) is -0.0137. The van der Waals surface area contributed by atoms with Gasteiger partial charge in [0.05, 0.1) is 13.2 Å². The molecule has 8 heteroatoms. The van der Waals surface area contributed by atoms with Crippen LogP contribution in [0.25, 0.3) is 0 Å². The first-order valence-corrected chi connectivity index (χ1v) is 10.5. The highest BCUT2D eigenvalue weighted by atomic mass is 127. The molecule has 1 saturated heterocycles. The van der Waals surface area contributed by atoms with Crippen LogP contribution in [-0.4, -0.2) is 69.0 Å². The summed E-state index contributed by atoms with van der Waals surface area (Å²) in [6.45, 7) is 10.1. The van der Waals surface area contributed by atoms with Crippen molar-refractivity contribution in [3.63, 3.8) is 0 Å². The minimum absolute atomic E-state index is 0. The zero-order chi connectivity index (χ0) is 18.8. The third-order valence-electron chi connectivity index (χ3n) is 4.91. The molecule has 0 aliphatic carbocycles. The van der Waals surface area contributed by atoms with E-state index in [1.54, 1.807) is 18.4 Å². The maximum absolute atomic E-state index is 10.6. The molecule has 0 aromatic carbocycles. The Morgan fingerprint density at radius 3 is 2.74 bits per heavy atom. The van der Waals surface area contributed by atoms with E-state index in [1.807, 2.05) is 23.8 Å². The summed E-state index contributed by atoms with van der Waals surface area (Å²) < 4.78 is 5.16. The standard InChI is InChI=1S/C19H34N4O2S.HI/c1-4-20-18(22-15-19(2,24)17-7-12-26-14-17)21-13-16-5-8-23(9-6-16)10-11-25-3;/h7,12,14,16,24H,4-6,8-11,13,15H2,1-3H3,(H2,20,21,22);1H. The number of aliphatic hydroxyl groups is 1. The number of nitrogens with zero attached hydrogens (tertiary/aromatic N) is 2. The number of nitrogens with one attached hydrogen (secondary N) is 2. The maximum atomic E-state index is 10.6. The highest BCUT2D eigenvalue weighted by Crippen LogP contribution is 2.23. The molecule has 2 heterocycles. The topological polar surface area (TPSA) is 69.1 Å². The first-order valence-electron chi connectivity index (χ1n) is 9.53. The second-order valence-electron chi connectivity index (χ2n) is 7.14. The van der Waals surface area contributed by atoms with Crippen LogP contribution >= 0.6 is 35.3 Å². The quantitative estimate of drug-likeness (QED) is 0.271. The Morgan fingerprint density at radius 1 is 1.41 bits per heavy atom. The van der Waals surface area contributed by atoms with Crippen molar-refractivity contribution in [2.24, 2.45) is 10.9 Å². The predicted octanol–water partition coefficient (Wildman–Crippen LogP) is 2.49. The summed E-state index contributed by atoms with van der Waals surface area (Å²) in [6.07, 6.45) is 2.39. The molecule has 0 radical (unpaired) electrons. The Labute approximate surface area is 184 Å². The van der Waals surface area contributed by atoms with E-state index in [0.29, 0.717) is 12.5 Å². The fourth-order valence-corrected chi connectivity index (χ4v) is 3.90.